The predicted molar refractivity (Wildman–Crippen MR) is 115 cm³/mol. The maximum atomic E-state index is 12.9. The molecule has 1 N–H and O–H groups in total. The lowest BCUT2D eigenvalue weighted by Crippen LogP contribution is -2.38. The number of H-pyrrole nitrogens is 1. The van der Waals surface area contributed by atoms with Crippen LogP contribution in [-0.2, 0) is 16.0 Å². The first-order chi connectivity index (χ1) is 14.8. The van der Waals surface area contributed by atoms with E-state index in [1.54, 1.807) is 6.20 Å². The molecule has 2 saturated heterocycles. The first kappa shape index (κ1) is 19.6. The van der Waals surface area contributed by atoms with Gasteiger partial charge in [-0.25, -0.2) is 0 Å². The summed E-state index contributed by atoms with van der Waals surface area (Å²) in [7, 11) is 0. The fourth-order valence-corrected chi connectivity index (χ4v) is 4.87. The van der Waals surface area contributed by atoms with E-state index in [4.69, 9.17) is 9.47 Å². The summed E-state index contributed by atoms with van der Waals surface area (Å²) >= 11 is 1.44. The molecule has 30 heavy (non-hydrogen) atoms. The number of hydrogen-bond donors (Lipinski definition) is 1. The van der Waals surface area contributed by atoms with E-state index < -0.39 is 0 Å². The molecular formula is C21H25N5O3S. The highest BCUT2D eigenvalue weighted by Crippen LogP contribution is 2.27. The Morgan fingerprint density at radius 2 is 2.07 bits per heavy atom. The summed E-state index contributed by atoms with van der Waals surface area (Å²) in [6.07, 6.45) is 4.09. The van der Waals surface area contributed by atoms with Gasteiger partial charge in [-0.3, -0.25) is 9.36 Å². The van der Waals surface area contributed by atoms with Crippen LogP contribution in [0.5, 0.6) is 0 Å². The molecule has 9 heteroatoms. The van der Waals surface area contributed by atoms with Gasteiger partial charge < -0.3 is 19.4 Å². The molecule has 1 atom stereocenters. The van der Waals surface area contributed by atoms with E-state index in [0.717, 1.165) is 60.1 Å². The third kappa shape index (κ3) is 3.97. The molecule has 2 fully saturated rings. The lowest BCUT2D eigenvalue weighted by Gasteiger charge is -2.28. The molecule has 2 aliphatic heterocycles. The van der Waals surface area contributed by atoms with Crippen molar-refractivity contribution in [2.24, 2.45) is 0 Å². The van der Waals surface area contributed by atoms with E-state index in [1.807, 2.05) is 24.3 Å². The molecule has 0 spiro atoms. The van der Waals surface area contributed by atoms with Gasteiger partial charge in [0.25, 0.3) is 0 Å². The first-order valence-electron chi connectivity index (χ1n) is 10.4. The Labute approximate surface area is 178 Å². The molecule has 2 aliphatic rings. The van der Waals surface area contributed by atoms with E-state index in [9.17, 15) is 4.79 Å². The molecule has 158 valence electrons. The average Bonchev–Trinajstić information content (AvgIpc) is 3.53. The number of anilines is 1. The monoisotopic (exact) mass is 427 g/mol. The predicted octanol–water partition coefficient (Wildman–Crippen LogP) is 2.75. The SMILES string of the molecule is O=C(CSc1nnc(N2CCOCC2)n1CC1CCCO1)c1c[nH]c2ccccc12. The number of nitrogens with one attached hydrogen (secondary N) is 1. The zero-order valence-electron chi connectivity index (χ0n) is 16.7. The van der Waals surface area contributed by atoms with Gasteiger partial charge in [-0.1, -0.05) is 30.0 Å². The quantitative estimate of drug-likeness (QED) is 0.458. The Hall–Kier alpha value is -2.36. The number of rotatable bonds is 7. The van der Waals surface area contributed by atoms with Crippen molar-refractivity contribution < 1.29 is 14.3 Å². The molecule has 2 aromatic heterocycles. The van der Waals surface area contributed by atoms with E-state index >= 15 is 0 Å². The largest absolute Gasteiger partial charge is 0.378 e. The van der Waals surface area contributed by atoms with Crippen molar-refractivity contribution in [3.05, 3.63) is 36.0 Å². The number of nitrogens with zero attached hydrogens (tertiary/aromatic N) is 4. The van der Waals surface area contributed by atoms with Gasteiger partial charge in [-0.05, 0) is 18.9 Å². The number of Topliss-reactive ketones (excluding diaryl/α,β-unsaturated/α-hetero) is 1. The minimum absolute atomic E-state index is 0.0806. The molecule has 0 amide bonds. The second-order valence-electron chi connectivity index (χ2n) is 7.59. The zero-order valence-corrected chi connectivity index (χ0v) is 17.6. The number of aromatic amines is 1. The summed E-state index contributed by atoms with van der Waals surface area (Å²) in [5.41, 5.74) is 1.69. The lowest BCUT2D eigenvalue weighted by molar-refractivity contribution is 0.0942. The Balaban J connectivity index is 1.35. The van der Waals surface area contributed by atoms with Gasteiger partial charge in [0.15, 0.2) is 10.9 Å². The maximum absolute atomic E-state index is 12.9. The smallest absolute Gasteiger partial charge is 0.228 e. The van der Waals surface area contributed by atoms with Crippen LogP contribution in [0.25, 0.3) is 10.9 Å². The third-order valence-corrected chi connectivity index (χ3v) is 6.59. The van der Waals surface area contributed by atoms with Crippen LogP contribution in [0.3, 0.4) is 0 Å². The summed E-state index contributed by atoms with van der Waals surface area (Å²) in [6.45, 7) is 4.48. The number of hydrogen-bond acceptors (Lipinski definition) is 7. The van der Waals surface area contributed by atoms with Crippen molar-refractivity contribution in [2.45, 2.75) is 30.6 Å². The van der Waals surface area contributed by atoms with Crippen LogP contribution in [0.15, 0.2) is 35.6 Å². The molecule has 1 aromatic carbocycles. The number of aromatic nitrogens is 4. The molecule has 5 rings (SSSR count). The Morgan fingerprint density at radius 1 is 1.20 bits per heavy atom. The minimum atomic E-state index is 0.0806. The van der Waals surface area contributed by atoms with E-state index in [0.29, 0.717) is 25.5 Å². The number of carbonyl (C=O) groups excluding carboxylic acids is 1. The summed E-state index contributed by atoms with van der Waals surface area (Å²) in [5, 5.41) is 10.6. The molecule has 1 unspecified atom stereocenters. The maximum Gasteiger partial charge on any atom is 0.228 e. The van der Waals surface area contributed by atoms with Crippen molar-refractivity contribution in [1.29, 1.82) is 0 Å². The van der Waals surface area contributed by atoms with Gasteiger partial charge in [0, 0.05) is 42.4 Å². The molecule has 3 aromatic rings. The number of benzene rings is 1. The highest BCUT2D eigenvalue weighted by Gasteiger charge is 2.25. The molecule has 8 nitrogen and oxygen atoms in total. The number of ketones is 1. The topological polar surface area (TPSA) is 85.3 Å². The lowest BCUT2D eigenvalue weighted by atomic mass is 10.1. The van der Waals surface area contributed by atoms with Crippen molar-refractivity contribution in [3.63, 3.8) is 0 Å². The van der Waals surface area contributed by atoms with Gasteiger partial charge in [0.2, 0.25) is 5.95 Å². The van der Waals surface area contributed by atoms with Crippen LogP contribution in [-0.4, -0.2) is 70.3 Å². The van der Waals surface area contributed by atoms with E-state index in [-0.39, 0.29) is 11.9 Å². The minimum Gasteiger partial charge on any atom is -0.378 e. The highest BCUT2D eigenvalue weighted by atomic mass is 32.2. The Morgan fingerprint density at radius 3 is 2.90 bits per heavy atom. The van der Waals surface area contributed by atoms with E-state index in [1.165, 1.54) is 11.8 Å². The zero-order chi connectivity index (χ0) is 20.3. The van der Waals surface area contributed by atoms with Crippen LogP contribution in [0, 0.1) is 0 Å². The number of ether oxygens (including phenoxy) is 2. The van der Waals surface area contributed by atoms with Gasteiger partial charge >= 0.3 is 0 Å². The van der Waals surface area contributed by atoms with Crippen molar-refractivity contribution >= 4 is 34.4 Å². The Kier molecular flexibility index (Phi) is 5.74. The van der Waals surface area contributed by atoms with Crippen LogP contribution in [0.1, 0.15) is 23.2 Å². The standard InChI is InChI=1S/C21H25N5O3S/c27-19(17-12-22-18-6-2-1-5-16(17)18)14-30-21-24-23-20(25-7-10-28-11-8-25)26(21)13-15-4-3-9-29-15/h1-2,5-6,12,15,22H,3-4,7-11,13-14H2. The normalized spacial score (nSPS) is 19.6. The molecule has 0 bridgehead atoms. The molecule has 4 heterocycles. The molecule has 0 radical (unpaired) electrons. The summed E-state index contributed by atoms with van der Waals surface area (Å²) in [4.78, 5) is 18.3. The number of fused-ring (bicyclic) bond motifs is 1. The molecular weight excluding hydrogens is 402 g/mol. The van der Waals surface area contributed by atoms with Gasteiger partial charge in [-0.2, -0.15) is 0 Å². The van der Waals surface area contributed by atoms with Crippen molar-refractivity contribution in [3.8, 4) is 0 Å². The summed E-state index contributed by atoms with van der Waals surface area (Å²) < 4.78 is 13.5. The average molecular weight is 428 g/mol. The third-order valence-electron chi connectivity index (χ3n) is 5.62. The van der Waals surface area contributed by atoms with Crippen LogP contribution >= 0.6 is 11.8 Å². The fraction of sp³-hybridized carbons (Fsp3) is 0.476. The Bertz CT molecular complexity index is 1020. The molecule has 0 aliphatic carbocycles. The van der Waals surface area contributed by atoms with Crippen LogP contribution in [0.2, 0.25) is 0 Å². The molecule has 0 saturated carbocycles. The highest BCUT2D eigenvalue weighted by molar-refractivity contribution is 7.99. The number of carbonyl (C=O) groups is 1. The summed E-state index contributed by atoms with van der Waals surface area (Å²) in [5.74, 6) is 1.24. The van der Waals surface area contributed by atoms with Crippen molar-refractivity contribution in [2.75, 3.05) is 43.6 Å². The first-order valence-corrected chi connectivity index (χ1v) is 11.4. The second-order valence-corrected chi connectivity index (χ2v) is 8.53. The van der Waals surface area contributed by atoms with Crippen LogP contribution < -0.4 is 4.90 Å². The van der Waals surface area contributed by atoms with E-state index in [2.05, 4.69) is 24.6 Å². The van der Waals surface area contributed by atoms with Gasteiger partial charge in [-0.15, -0.1) is 10.2 Å². The number of thioether (sulfide) groups is 1. The second kappa shape index (κ2) is 8.79. The summed E-state index contributed by atoms with van der Waals surface area (Å²) in [6, 6.07) is 7.86. The number of morpholine rings is 1. The van der Waals surface area contributed by atoms with Crippen molar-refractivity contribution in [1.82, 2.24) is 19.7 Å². The fourth-order valence-electron chi connectivity index (χ4n) is 4.05. The number of para-hydroxylation sites is 1. The van der Waals surface area contributed by atoms with Gasteiger partial charge in [0.05, 0.1) is 31.6 Å². The van der Waals surface area contributed by atoms with Crippen LogP contribution in [0.4, 0.5) is 5.95 Å². The van der Waals surface area contributed by atoms with Gasteiger partial charge in [0.1, 0.15) is 0 Å².